The Kier molecular flexibility index (Phi) is 3.45. The molecule has 4 aliphatic rings. The second-order valence-corrected chi connectivity index (χ2v) is 8.82. The number of allylic oxidation sites excluding steroid dienone is 2. The molecule has 2 nitrogen and oxygen atoms in total. The van der Waals surface area contributed by atoms with E-state index in [1.807, 2.05) is 0 Å². The van der Waals surface area contributed by atoms with Crippen LogP contribution < -0.4 is 10.2 Å². The van der Waals surface area contributed by atoms with Gasteiger partial charge in [0, 0.05) is 17.5 Å². The average molecular weight is 357 g/mol. The van der Waals surface area contributed by atoms with Gasteiger partial charge in [-0.3, -0.25) is 0 Å². The largest absolute Gasteiger partial charge is 0.360 e. The third-order valence-electron chi connectivity index (χ3n) is 7.52. The molecule has 0 radical (unpaired) electrons. The Morgan fingerprint density at radius 3 is 2.59 bits per heavy atom. The van der Waals surface area contributed by atoms with E-state index in [9.17, 15) is 0 Å². The van der Waals surface area contributed by atoms with Gasteiger partial charge >= 0.3 is 0 Å². The van der Waals surface area contributed by atoms with Gasteiger partial charge < -0.3 is 10.2 Å². The van der Waals surface area contributed by atoms with Gasteiger partial charge in [0.05, 0.1) is 11.4 Å². The van der Waals surface area contributed by atoms with Gasteiger partial charge in [0.1, 0.15) is 5.66 Å². The molecule has 0 saturated heterocycles. The predicted octanol–water partition coefficient (Wildman–Crippen LogP) is 6.43. The van der Waals surface area contributed by atoms with Crippen LogP contribution in [0, 0.1) is 5.92 Å². The summed E-state index contributed by atoms with van der Waals surface area (Å²) in [5.41, 5.74) is 7.77. The van der Waals surface area contributed by atoms with Gasteiger partial charge in [0.25, 0.3) is 0 Å². The summed E-state index contributed by atoms with van der Waals surface area (Å²) in [7, 11) is 0. The monoisotopic (exact) mass is 356 g/mol. The third-order valence-corrected chi connectivity index (χ3v) is 7.52. The molecule has 1 spiro atoms. The van der Waals surface area contributed by atoms with E-state index in [0.717, 1.165) is 0 Å². The van der Waals surface area contributed by atoms with Crippen LogP contribution in [0.2, 0.25) is 0 Å². The van der Waals surface area contributed by atoms with Crippen molar-refractivity contribution < 1.29 is 0 Å². The molecule has 1 N–H and O–H groups in total. The SMILES string of the molecule is c1ccc([C@@H]2C3=C(CCCC3)N3c4ccccc4N[C@@]34CCCC[C@H]24)cc1. The zero-order valence-corrected chi connectivity index (χ0v) is 16.0. The van der Waals surface area contributed by atoms with Gasteiger partial charge in [-0.15, -0.1) is 0 Å². The van der Waals surface area contributed by atoms with Crippen molar-refractivity contribution in [3.8, 4) is 0 Å². The molecule has 0 amide bonds. The first-order chi connectivity index (χ1) is 13.4. The third kappa shape index (κ3) is 2.13. The van der Waals surface area contributed by atoms with Crippen LogP contribution in [0.5, 0.6) is 0 Å². The maximum absolute atomic E-state index is 4.08. The van der Waals surface area contributed by atoms with E-state index in [4.69, 9.17) is 0 Å². The number of hydrogen-bond acceptors (Lipinski definition) is 2. The zero-order valence-electron chi connectivity index (χ0n) is 16.0. The van der Waals surface area contributed by atoms with Crippen LogP contribution >= 0.6 is 0 Å². The molecule has 138 valence electrons. The van der Waals surface area contributed by atoms with Crippen LogP contribution in [-0.4, -0.2) is 5.66 Å². The first kappa shape index (κ1) is 15.8. The number of nitrogens with zero attached hydrogens (tertiary/aromatic N) is 1. The lowest BCUT2D eigenvalue weighted by Gasteiger charge is -2.57. The van der Waals surface area contributed by atoms with E-state index < -0.39 is 0 Å². The molecule has 2 aliphatic carbocycles. The second kappa shape index (κ2) is 5.89. The molecule has 2 aromatic carbocycles. The molecule has 0 bridgehead atoms. The number of hydrogen-bond donors (Lipinski definition) is 1. The van der Waals surface area contributed by atoms with E-state index in [-0.39, 0.29) is 5.66 Å². The number of fused-ring (bicyclic) bond motifs is 3. The topological polar surface area (TPSA) is 15.3 Å². The quantitative estimate of drug-likeness (QED) is 0.633. The lowest BCUT2D eigenvalue weighted by atomic mass is 9.62. The van der Waals surface area contributed by atoms with Crippen LogP contribution in [-0.2, 0) is 0 Å². The molecule has 0 aromatic heterocycles. The molecule has 1 fully saturated rings. The molecule has 3 atom stereocenters. The summed E-state index contributed by atoms with van der Waals surface area (Å²) in [6, 6.07) is 20.4. The van der Waals surface area contributed by atoms with Crippen LogP contribution in [0.3, 0.4) is 0 Å². The minimum Gasteiger partial charge on any atom is -0.360 e. The summed E-state index contributed by atoms with van der Waals surface area (Å²) in [6.07, 6.45) is 10.5. The van der Waals surface area contributed by atoms with Gasteiger partial charge in [0.2, 0.25) is 0 Å². The van der Waals surface area contributed by atoms with Crippen molar-refractivity contribution >= 4 is 11.4 Å². The Morgan fingerprint density at radius 2 is 1.67 bits per heavy atom. The highest BCUT2D eigenvalue weighted by Gasteiger charge is 2.57. The smallest absolute Gasteiger partial charge is 0.118 e. The Labute approximate surface area is 162 Å². The van der Waals surface area contributed by atoms with E-state index in [2.05, 4.69) is 64.8 Å². The summed E-state index contributed by atoms with van der Waals surface area (Å²) >= 11 is 0. The van der Waals surface area contributed by atoms with E-state index in [1.165, 1.54) is 68.3 Å². The van der Waals surface area contributed by atoms with Crippen molar-refractivity contribution in [1.29, 1.82) is 0 Å². The summed E-state index contributed by atoms with van der Waals surface area (Å²) in [5.74, 6) is 1.23. The highest BCUT2D eigenvalue weighted by Crippen LogP contribution is 2.61. The summed E-state index contributed by atoms with van der Waals surface area (Å²) < 4.78 is 0. The fourth-order valence-electron chi connectivity index (χ4n) is 6.56. The van der Waals surface area contributed by atoms with E-state index in [0.29, 0.717) is 11.8 Å². The van der Waals surface area contributed by atoms with Crippen LogP contribution in [0.1, 0.15) is 62.8 Å². The Hall–Kier alpha value is -2.22. The molecule has 0 unspecified atom stereocenters. The summed E-state index contributed by atoms with van der Waals surface area (Å²) in [4.78, 5) is 2.78. The molecule has 2 heterocycles. The number of para-hydroxylation sites is 2. The lowest BCUT2D eigenvalue weighted by molar-refractivity contribution is 0.176. The minimum absolute atomic E-state index is 0.0820. The number of benzene rings is 2. The van der Waals surface area contributed by atoms with Crippen LogP contribution in [0.15, 0.2) is 65.9 Å². The number of nitrogens with one attached hydrogen (secondary N) is 1. The molecule has 2 heteroatoms. The summed E-state index contributed by atoms with van der Waals surface area (Å²) in [6.45, 7) is 0. The van der Waals surface area contributed by atoms with Crippen molar-refractivity contribution in [3.63, 3.8) is 0 Å². The van der Waals surface area contributed by atoms with Crippen LogP contribution in [0.4, 0.5) is 11.4 Å². The molecular weight excluding hydrogens is 328 g/mol. The Morgan fingerprint density at radius 1 is 0.852 bits per heavy atom. The highest BCUT2D eigenvalue weighted by molar-refractivity contribution is 5.82. The van der Waals surface area contributed by atoms with Crippen molar-refractivity contribution in [2.45, 2.75) is 62.9 Å². The van der Waals surface area contributed by atoms with Gasteiger partial charge in [-0.25, -0.2) is 0 Å². The fraction of sp³-hybridized carbons (Fsp3) is 0.440. The van der Waals surface area contributed by atoms with Gasteiger partial charge in [0.15, 0.2) is 0 Å². The Bertz CT molecular complexity index is 900. The molecule has 1 saturated carbocycles. The normalized spacial score (nSPS) is 31.5. The van der Waals surface area contributed by atoms with E-state index >= 15 is 0 Å². The van der Waals surface area contributed by atoms with Crippen LogP contribution in [0.25, 0.3) is 0 Å². The molecule has 2 aromatic rings. The minimum atomic E-state index is 0.0820. The van der Waals surface area contributed by atoms with Gasteiger partial charge in [-0.05, 0) is 68.2 Å². The van der Waals surface area contributed by atoms with Crippen molar-refractivity contribution in [3.05, 3.63) is 71.4 Å². The van der Waals surface area contributed by atoms with Crippen molar-refractivity contribution in [2.24, 2.45) is 5.92 Å². The molecule has 27 heavy (non-hydrogen) atoms. The van der Waals surface area contributed by atoms with Crippen molar-refractivity contribution in [2.75, 3.05) is 10.2 Å². The van der Waals surface area contributed by atoms with Gasteiger partial charge in [-0.1, -0.05) is 48.9 Å². The van der Waals surface area contributed by atoms with E-state index in [1.54, 1.807) is 11.3 Å². The first-order valence-electron chi connectivity index (χ1n) is 10.8. The second-order valence-electron chi connectivity index (χ2n) is 8.82. The lowest BCUT2D eigenvalue weighted by Crippen LogP contribution is -2.62. The molecular formula is C25H28N2. The maximum Gasteiger partial charge on any atom is 0.118 e. The number of anilines is 2. The highest BCUT2D eigenvalue weighted by atomic mass is 15.4. The maximum atomic E-state index is 4.08. The zero-order chi connectivity index (χ0) is 17.8. The summed E-state index contributed by atoms with van der Waals surface area (Å²) in [5, 5.41) is 4.08. The molecule has 6 rings (SSSR count). The first-order valence-corrected chi connectivity index (χ1v) is 10.8. The predicted molar refractivity (Wildman–Crippen MR) is 112 cm³/mol. The average Bonchev–Trinajstić information content (AvgIpc) is 3.06. The molecule has 2 aliphatic heterocycles. The van der Waals surface area contributed by atoms with Gasteiger partial charge in [-0.2, -0.15) is 0 Å². The standard InChI is InChI=1S/C25H28N2/c1-2-10-18(11-3-1)24-19-12-4-6-15-22(19)27-23-16-7-5-14-21(23)26-25(27)17-9-8-13-20(24)25/h1-3,5,7,10-11,14,16,20,24,26H,4,6,8-9,12-13,15,17H2/t20-,24-,25+/m1/s1. The van der Waals surface area contributed by atoms with Crippen molar-refractivity contribution in [1.82, 2.24) is 0 Å². The Balaban J connectivity index is 1.61. The fourth-order valence-corrected chi connectivity index (χ4v) is 6.56. The number of rotatable bonds is 1.